The number of hydrogen-bond donors (Lipinski definition) is 2. The summed E-state index contributed by atoms with van der Waals surface area (Å²) in [7, 11) is 1.35. The number of rotatable bonds is 5. The van der Waals surface area contributed by atoms with Crippen molar-refractivity contribution in [3.63, 3.8) is 0 Å². The van der Waals surface area contributed by atoms with Crippen molar-refractivity contribution in [2.45, 2.75) is 0 Å². The summed E-state index contributed by atoms with van der Waals surface area (Å²) in [6.45, 7) is -0.612. The predicted molar refractivity (Wildman–Crippen MR) is 95.4 cm³/mol. The van der Waals surface area contributed by atoms with Crippen LogP contribution in [0.3, 0.4) is 0 Å². The summed E-state index contributed by atoms with van der Waals surface area (Å²) in [4.78, 5) is 23.9. The van der Waals surface area contributed by atoms with Crippen LogP contribution in [0, 0.1) is 5.82 Å². The van der Waals surface area contributed by atoms with Crippen LogP contribution in [0.15, 0.2) is 34.8 Å². The van der Waals surface area contributed by atoms with Crippen molar-refractivity contribution in [2.75, 3.05) is 24.8 Å². The highest BCUT2D eigenvalue weighted by Gasteiger charge is 2.18. The molecule has 9 heteroatoms. The summed E-state index contributed by atoms with van der Waals surface area (Å²) in [5.41, 5.74) is 5.85. The molecule has 0 saturated carbocycles. The van der Waals surface area contributed by atoms with Crippen molar-refractivity contribution in [1.82, 2.24) is 0 Å². The van der Waals surface area contributed by atoms with Crippen LogP contribution < -0.4 is 15.8 Å². The van der Waals surface area contributed by atoms with E-state index in [1.807, 2.05) is 0 Å². The van der Waals surface area contributed by atoms with Gasteiger partial charge < -0.3 is 20.5 Å². The van der Waals surface area contributed by atoms with Crippen LogP contribution >= 0.6 is 27.5 Å². The quantitative estimate of drug-likeness (QED) is 0.557. The van der Waals surface area contributed by atoms with Crippen LogP contribution in [0.1, 0.15) is 10.4 Å². The van der Waals surface area contributed by atoms with E-state index >= 15 is 0 Å². The zero-order chi connectivity index (χ0) is 18.6. The maximum Gasteiger partial charge on any atom is 0.342 e. The normalized spacial score (nSPS) is 10.2. The van der Waals surface area contributed by atoms with Gasteiger partial charge in [0.05, 0.1) is 23.5 Å². The van der Waals surface area contributed by atoms with E-state index in [4.69, 9.17) is 26.8 Å². The number of carbonyl (C=O) groups is 2. The van der Waals surface area contributed by atoms with Crippen LogP contribution in [0.2, 0.25) is 5.02 Å². The highest BCUT2D eigenvalue weighted by atomic mass is 79.9. The second-order valence-corrected chi connectivity index (χ2v) is 6.15. The SMILES string of the molecule is COc1cc(N)c(Cl)cc1C(=O)OCC(=O)Nc1ccc(Br)cc1F. The van der Waals surface area contributed by atoms with E-state index in [1.54, 1.807) is 6.07 Å². The van der Waals surface area contributed by atoms with Gasteiger partial charge in [0.1, 0.15) is 17.1 Å². The van der Waals surface area contributed by atoms with Crippen LogP contribution in [-0.2, 0) is 9.53 Å². The topological polar surface area (TPSA) is 90.7 Å². The summed E-state index contributed by atoms with van der Waals surface area (Å²) in [5, 5.41) is 2.45. The Hall–Kier alpha value is -2.32. The highest BCUT2D eigenvalue weighted by molar-refractivity contribution is 9.10. The first-order valence-electron chi connectivity index (χ1n) is 6.87. The number of nitrogen functional groups attached to an aromatic ring is 1. The van der Waals surface area contributed by atoms with Crippen molar-refractivity contribution >= 4 is 50.8 Å². The van der Waals surface area contributed by atoms with E-state index in [0.29, 0.717) is 4.47 Å². The molecule has 6 nitrogen and oxygen atoms in total. The zero-order valence-corrected chi connectivity index (χ0v) is 15.3. The summed E-state index contributed by atoms with van der Waals surface area (Å²) in [6.07, 6.45) is 0. The predicted octanol–water partition coefficient (Wildman–Crippen LogP) is 3.63. The fraction of sp³-hybridized carbons (Fsp3) is 0.125. The number of halogens is 3. The molecule has 0 heterocycles. The second-order valence-electron chi connectivity index (χ2n) is 4.82. The van der Waals surface area contributed by atoms with E-state index in [9.17, 15) is 14.0 Å². The molecule has 132 valence electrons. The highest BCUT2D eigenvalue weighted by Crippen LogP contribution is 2.29. The lowest BCUT2D eigenvalue weighted by molar-refractivity contribution is -0.119. The molecule has 25 heavy (non-hydrogen) atoms. The molecule has 0 aliphatic rings. The smallest absolute Gasteiger partial charge is 0.342 e. The fourth-order valence-corrected chi connectivity index (χ4v) is 2.38. The number of esters is 1. The van der Waals surface area contributed by atoms with E-state index < -0.39 is 24.3 Å². The summed E-state index contributed by atoms with van der Waals surface area (Å²) in [6, 6.07) is 6.79. The zero-order valence-electron chi connectivity index (χ0n) is 12.9. The molecular weight excluding hydrogens is 419 g/mol. The Morgan fingerprint density at radius 2 is 2.04 bits per heavy atom. The Balaban J connectivity index is 2.02. The average Bonchev–Trinajstić information content (AvgIpc) is 2.57. The van der Waals surface area contributed by atoms with Crippen molar-refractivity contribution in [1.29, 1.82) is 0 Å². The van der Waals surface area contributed by atoms with E-state index in [1.165, 1.54) is 31.4 Å². The molecule has 0 fully saturated rings. The largest absolute Gasteiger partial charge is 0.496 e. The first-order chi connectivity index (χ1) is 11.8. The second kappa shape index (κ2) is 8.17. The van der Waals surface area contributed by atoms with Gasteiger partial charge in [-0.3, -0.25) is 4.79 Å². The van der Waals surface area contributed by atoms with Gasteiger partial charge in [-0.25, -0.2) is 9.18 Å². The molecule has 2 aromatic rings. The lowest BCUT2D eigenvalue weighted by atomic mass is 10.2. The third kappa shape index (κ3) is 4.83. The summed E-state index contributed by atoms with van der Waals surface area (Å²) >= 11 is 8.98. The first-order valence-corrected chi connectivity index (χ1v) is 8.04. The van der Waals surface area contributed by atoms with E-state index in [0.717, 1.165) is 0 Å². The number of methoxy groups -OCH3 is 1. The van der Waals surface area contributed by atoms with E-state index in [-0.39, 0.29) is 27.7 Å². The van der Waals surface area contributed by atoms with Gasteiger partial charge in [0.2, 0.25) is 0 Å². The summed E-state index contributed by atoms with van der Waals surface area (Å²) < 4.78 is 24.1. The number of benzene rings is 2. The summed E-state index contributed by atoms with van der Waals surface area (Å²) in [5.74, 6) is -1.99. The molecule has 0 atom stereocenters. The van der Waals surface area contributed by atoms with Crippen molar-refractivity contribution in [3.05, 3.63) is 51.2 Å². The van der Waals surface area contributed by atoms with Crippen LogP contribution in [0.25, 0.3) is 0 Å². The lowest BCUT2D eigenvalue weighted by Crippen LogP contribution is -2.21. The molecule has 0 radical (unpaired) electrons. The van der Waals surface area contributed by atoms with Crippen LogP contribution in [0.4, 0.5) is 15.8 Å². The van der Waals surface area contributed by atoms with Gasteiger partial charge in [0, 0.05) is 10.5 Å². The molecule has 3 N–H and O–H groups in total. The van der Waals surface area contributed by atoms with Gasteiger partial charge in [-0.15, -0.1) is 0 Å². The van der Waals surface area contributed by atoms with Crippen molar-refractivity contribution in [2.24, 2.45) is 0 Å². The Labute approximate surface area is 156 Å². The molecule has 0 aromatic heterocycles. The monoisotopic (exact) mass is 430 g/mol. The minimum absolute atomic E-state index is 0.0179. The Morgan fingerprint density at radius 1 is 1.32 bits per heavy atom. The maximum absolute atomic E-state index is 13.7. The third-order valence-corrected chi connectivity index (χ3v) is 3.90. The lowest BCUT2D eigenvalue weighted by Gasteiger charge is -2.11. The molecular formula is C16H13BrClFN2O4. The molecule has 0 saturated heterocycles. The Morgan fingerprint density at radius 3 is 2.68 bits per heavy atom. The Kier molecular flexibility index (Phi) is 6.22. The number of nitrogens with one attached hydrogen (secondary N) is 1. The third-order valence-electron chi connectivity index (χ3n) is 3.08. The van der Waals surface area contributed by atoms with Crippen molar-refractivity contribution < 1.29 is 23.5 Å². The van der Waals surface area contributed by atoms with Gasteiger partial charge in [-0.1, -0.05) is 27.5 Å². The maximum atomic E-state index is 13.7. The minimum Gasteiger partial charge on any atom is -0.496 e. The molecule has 0 aliphatic carbocycles. The van der Waals surface area contributed by atoms with Gasteiger partial charge >= 0.3 is 5.97 Å². The molecule has 2 aromatic carbocycles. The van der Waals surface area contributed by atoms with Gasteiger partial charge in [0.15, 0.2) is 6.61 Å². The fourth-order valence-electron chi connectivity index (χ4n) is 1.88. The number of hydrogen-bond acceptors (Lipinski definition) is 5. The number of anilines is 2. The van der Waals surface area contributed by atoms with Gasteiger partial charge in [-0.2, -0.15) is 0 Å². The molecule has 0 unspecified atom stereocenters. The number of carbonyl (C=O) groups excluding carboxylic acids is 2. The number of ether oxygens (including phenoxy) is 2. The van der Waals surface area contributed by atoms with Crippen LogP contribution in [0.5, 0.6) is 5.75 Å². The molecule has 0 aliphatic heterocycles. The molecule has 0 bridgehead atoms. The Bertz CT molecular complexity index is 832. The van der Waals surface area contributed by atoms with E-state index in [2.05, 4.69) is 21.2 Å². The molecule has 0 spiro atoms. The minimum atomic E-state index is -0.829. The standard InChI is InChI=1S/C16H13BrClFN2O4/c1-24-14-6-12(20)10(18)5-9(14)16(23)25-7-15(22)21-13-3-2-8(17)4-11(13)19/h2-6H,7,20H2,1H3,(H,21,22). The van der Waals surface area contributed by atoms with Gasteiger partial charge in [-0.05, 0) is 24.3 Å². The van der Waals surface area contributed by atoms with Gasteiger partial charge in [0.25, 0.3) is 5.91 Å². The number of nitrogens with two attached hydrogens (primary N) is 1. The number of amides is 1. The molecule has 2 rings (SSSR count). The van der Waals surface area contributed by atoms with Crippen molar-refractivity contribution in [3.8, 4) is 5.75 Å². The first kappa shape index (κ1) is 19.0. The molecule has 1 amide bonds. The van der Waals surface area contributed by atoms with Crippen LogP contribution in [-0.4, -0.2) is 25.6 Å². The average molecular weight is 432 g/mol.